The number of hydrogen-bond donors (Lipinski definition) is 2. The summed E-state index contributed by atoms with van der Waals surface area (Å²) in [6.07, 6.45) is 4.02. The molecule has 0 bridgehead atoms. The monoisotopic (exact) mass is 279 g/mol. The SMILES string of the molecule is CCNc1ccncc1C(=O)NCC1(OC)CCOC1. The van der Waals surface area contributed by atoms with E-state index in [1.54, 1.807) is 25.6 Å². The maximum absolute atomic E-state index is 12.3. The van der Waals surface area contributed by atoms with Gasteiger partial charge in [0.2, 0.25) is 0 Å². The van der Waals surface area contributed by atoms with E-state index >= 15 is 0 Å². The van der Waals surface area contributed by atoms with E-state index in [-0.39, 0.29) is 5.91 Å². The van der Waals surface area contributed by atoms with E-state index in [4.69, 9.17) is 9.47 Å². The van der Waals surface area contributed by atoms with Crippen LogP contribution in [0.25, 0.3) is 0 Å². The van der Waals surface area contributed by atoms with Crippen molar-refractivity contribution in [3.8, 4) is 0 Å². The number of carbonyl (C=O) groups excluding carboxylic acids is 1. The minimum Gasteiger partial charge on any atom is -0.385 e. The largest absolute Gasteiger partial charge is 0.385 e. The summed E-state index contributed by atoms with van der Waals surface area (Å²) < 4.78 is 10.8. The Morgan fingerprint density at radius 1 is 1.60 bits per heavy atom. The highest BCUT2D eigenvalue weighted by Gasteiger charge is 2.35. The van der Waals surface area contributed by atoms with Crippen molar-refractivity contribution in [2.24, 2.45) is 0 Å². The van der Waals surface area contributed by atoms with Gasteiger partial charge in [-0.2, -0.15) is 0 Å². The van der Waals surface area contributed by atoms with Gasteiger partial charge in [-0.25, -0.2) is 0 Å². The number of nitrogens with one attached hydrogen (secondary N) is 2. The first-order valence-electron chi connectivity index (χ1n) is 6.80. The topological polar surface area (TPSA) is 72.5 Å². The van der Waals surface area contributed by atoms with Crippen LogP contribution in [0, 0.1) is 0 Å². The lowest BCUT2D eigenvalue weighted by atomic mass is 10.0. The first kappa shape index (κ1) is 14.7. The summed E-state index contributed by atoms with van der Waals surface area (Å²) >= 11 is 0. The third kappa shape index (κ3) is 3.26. The summed E-state index contributed by atoms with van der Waals surface area (Å²) in [7, 11) is 1.65. The number of methoxy groups -OCH3 is 1. The van der Waals surface area contributed by atoms with Crippen molar-refractivity contribution >= 4 is 11.6 Å². The average molecular weight is 279 g/mol. The van der Waals surface area contributed by atoms with Crippen LogP contribution in [-0.2, 0) is 9.47 Å². The third-order valence-electron chi connectivity index (χ3n) is 3.50. The van der Waals surface area contributed by atoms with Crippen molar-refractivity contribution in [2.45, 2.75) is 18.9 Å². The molecular formula is C14H21N3O3. The van der Waals surface area contributed by atoms with Gasteiger partial charge in [-0.1, -0.05) is 0 Å². The summed E-state index contributed by atoms with van der Waals surface area (Å²) in [4.78, 5) is 16.3. The van der Waals surface area contributed by atoms with E-state index < -0.39 is 5.60 Å². The van der Waals surface area contributed by atoms with Crippen LogP contribution in [0.4, 0.5) is 5.69 Å². The summed E-state index contributed by atoms with van der Waals surface area (Å²) in [6.45, 7) is 4.34. The summed E-state index contributed by atoms with van der Waals surface area (Å²) in [6, 6.07) is 1.79. The lowest BCUT2D eigenvalue weighted by molar-refractivity contribution is -0.0148. The molecule has 2 heterocycles. The molecule has 1 amide bonds. The van der Waals surface area contributed by atoms with Crippen molar-refractivity contribution in [1.82, 2.24) is 10.3 Å². The number of aromatic nitrogens is 1. The molecule has 6 heteroatoms. The van der Waals surface area contributed by atoms with Crippen LogP contribution < -0.4 is 10.6 Å². The standard InChI is InChI=1S/C14H21N3O3/c1-3-16-12-4-6-15-8-11(12)13(18)17-9-14(19-2)5-7-20-10-14/h4,6,8H,3,5,7,9-10H2,1-2H3,(H,15,16)(H,17,18). The molecule has 1 aromatic heterocycles. The van der Waals surface area contributed by atoms with Crippen LogP contribution in [0.3, 0.4) is 0 Å². The minimum atomic E-state index is -0.407. The summed E-state index contributed by atoms with van der Waals surface area (Å²) in [5.41, 5.74) is 0.921. The van der Waals surface area contributed by atoms with Crippen molar-refractivity contribution in [1.29, 1.82) is 0 Å². The molecule has 110 valence electrons. The highest BCUT2D eigenvalue weighted by molar-refractivity contribution is 5.99. The second kappa shape index (κ2) is 6.67. The molecule has 0 aliphatic carbocycles. The molecule has 0 saturated carbocycles. The van der Waals surface area contributed by atoms with E-state index in [9.17, 15) is 4.79 Å². The van der Waals surface area contributed by atoms with Crippen LogP contribution >= 0.6 is 0 Å². The highest BCUT2D eigenvalue weighted by Crippen LogP contribution is 2.22. The maximum Gasteiger partial charge on any atom is 0.255 e. The Balaban J connectivity index is 2.01. The third-order valence-corrected chi connectivity index (χ3v) is 3.50. The molecule has 1 unspecified atom stereocenters. The maximum atomic E-state index is 12.3. The molecule has 0 spiro atoms. The average Bonchev–Trinajstić information content (AvgIpc) is 2.95. The van der Waals surface area contributed by atoms with Gasteiger partial charge in [-0.15, -0.1) is 0 Å². The molecule has 1 saturated heterocycles. The molecular weight excluding hydrogens is 258 g/mol. The molecule has 6 nitrogen and oxygen atoms in total. The second-order valence-electron chi connectivity index (χ2n) is 4.82. The van der Waals surface area contributed by atoms with Gasteiger partial charge in [0.15, 0.2) is 0 Å². The second-order valence-corrected chi connectivity index (χ2v) is 4.82. The normalized spacial score (nSPS) is 21.7. The highest BCUT2D eigenvalue weighted by atomic mass is 16.5. The molecule has 1 aliphatic rings. The van der Waals surface area contributed by atoms with E-state index in [0.29, 0.717) is 25.3 Å². The van der Waals surface area contributed by atoms with Gasteiger partial charge in [0.1, 0.15) is 5.60 Å². The predicted octanol–water partition coefficient (Wildman–Crippen LogP) is 1.05. The minimum absolute atomic E-state index is 0.155. The van der Waals surface area contributed by atoms with E-state index in [1.165, 1.54) is 0 Å². The Labute approximate surface area is 118 Å². The van der Waals surface area contributed by atoms with Gasteiger partial charge in [0, 0.05) is 45.6 Å². The van der Waals surface area contributed by atoms with E-state index in [1.807, 2.05) is 6.92 Å². The van der Waals surface area contributed by atoms with Gasteiger partial charge in [-0.3, -0.25) is 9.78 Å². The lowest BCUT2D eigenvalue weighted by Crippen LogP contribution is -2.45. The fourth-order valence-corrected chi connectivity index (χ4v) is 2.22. The number of pyridine rings is 1. The van der Waals surface area contributed by atoms with Gasteiger partial charge in [0.05, 0.1) is 17.9 Å². The molecule has 1 atom stereocenters. The van der Waals surface area contributed by atoms with E-state index in [2.05, 4.69) is 15.6 Å². The van der Waals surface area contributed by atoms with Gasteiger partial charge >= 0.3 is 0 Å². The molecule has 2 rings (SSSR count). The van der Waals surface area contributed by atoms with Crippen LogP contribution in [-0.4, -0.2) is 49.9 Å². The fraction of sp³-hybridized carbons (Fsp3) is 0.571. The first-order valence-corrected chi connectivity index (χ1v) is 6.80. The predicted molar refractivity (Wildman–Crippen MR) is 75.9 cm³/mol. The number of ether oxygens (including phenoxy) is 2. The van der Waals surface area contributed by atoms with Crippen molar-refractivity contribution in [3.05, 3.63) is 24.0 Å². The summed E-state index contributed by atoms with van der Waals surface area (Å²) in [5.74, 6) is -0.155. The number of amides is 1. The van der Waals surface area contributed by atoms with Crippen molar-refractivity contribution < 1.29 is 14.3 Å². The first-order chi connectivity index (χ1) is 9.71. The molecule has 2 N–H and O–H groups in total. The number of carbonyl (C=O) groups is 1. The Morgan fingerprint density at radius 2 is 2.45 bits per heavy atom. The number of rotatable bonds is 6. The van der Waals surface area contributed by atoms with Crippen LogP contribution in [0.5, 0.6) is 0 Å². The van der Waals surface area contributed by atoms with Gasteiger partial charge in [0.25, 0.3) is 5.91 Å². The molecule has 20 heavy (non-hydrogen) atoms. The zero-order valence-electron chi connectivity index (χ0n) is 11.9. The van der Waals surface area contributed by atoms with E-state index in [0.717, 1.165) is 18.7 Å². The van der Waals surface area contributed by atoms with Crippen molar-refractivity contribution in [2.75, 3.05) is 38.7 Å². The molecule has 1 aliphatic heterocycles. The summed E-state index contributed by atoms with van der Waals surface area (Å²) in [5, 5.41) is 6.06. The molecule has 1 fully saturated rings. The van der Waals surface area contributed by atoms with Crippen LogP contribution in [0.2, 0.25) is 0 Å². The van der Waals surface area contributed by atoms with Gasteiger partial charge in [-0.05, 0) is 13.0 Å². The Kier molecular flexibility index (Phi) is 4.92. The van der Waals surface area contributed by atoms with Crippen LogP contribution in [0.1, 0.15) is 23.7 Å². The Morgan fingerprint density at radius 3 is 3.10 bits per heavy atom. The molecule has 0 aromatic carbocycles. The lowest BCUT2D eigenvalue weighted by Gasteiger charge is -2.26. The van der Waals surface area contributed by atoms with Crippen LogP contribution in [0.15, 0.2) is 18.5 Å². The number of nitrogens with zero attached hydrogens (tertiary/aromatic N) is 1. The number of anilines is 1. The molecule has 1 aromatic rings. The number of hydrogen-bond acceptors (Lipinski definition) is 5. The zero-order chi connectivity index (χ0) is 14.4. The van der Waals surface area contributed by atoms with Crippen molar-refractivity contribution in [3.63, 3.8) is 0 Å². The van der Waals surface area contributed by atoms with Gasteiger partial charge < -0.3 is 20.1 Å². The smallest absolute Gasteiger partial charge is 0.255 e. The Hall–Kier alpha value is -1.66. The Bertz CT molecular complexity index is 459. The zero-order valence-corrected chi connectivity index (χ0v) is 11.9. The molecule has 0 radical (unpaired) electrons. The quantitative estimate of drug-likeness (QED) is 0.814. The fourth-order valence-electron chi connectivity index (χ4n) is 2.22.